The van der Waals surface area contributed by atoms with Crippen LogP contribution < -0.4 is 5.32 Å². The topological polar surface area (TPSA) is 189 Å². The molecular weight excluding hydrogens is 676 g/mol. The summed E-state index contributed by atoms with van der Waals surface area (Å²) < 4.78 is 37.2. The summed E-state index contributed by atoms with van der Waals surface area (Å²) in [5.41, 5.74) is -2.58. The van der Waals surface area contributed by atoms with E-state index >= 15 is 0 Å². The molecule has 2 aliphatic rings. The number of esters is 1. The van der Waals surface area contributed by atoms with Gasteiger partial charge in [0.05, 0.1) is 59.8 Å². The Morgan fingerprint density at radius 1 is 1.06 bits per heavy atom. The molecule has 2 heterocycles. The van der Waals surface area contributed by atoms with Gasteiger partial charge in [0.25, 0.3) is 0 Å². The average molecular weight is 751 g/mol. The van der Waals surface area contributed by atoms with Gasteiger partial charge in [0.1, 0.15) is 12.2 Å². The van der Waals surface area contributed by atoms with Crippen molar-refractivity contribution in [1.29, 1.82) is 0 Å². The first-order valence-corrected chi connectivity index (χ1v) is 19.2. The van der Waals surface area contributed by atoms with Gasteiger partial charge < -0.3 is 64.2 Å². The number of hydrogen-bond acceptors (Lipinski definition) is 14. The Hall–Kier alpha value is -1.01. The fourth-order valence-corrected chi connectivity index (χ4v) is 7.59. The van der Waals surface area contributed by atoms with Crippen molar-refractivity contribution in [2.45, 2.75) is 193 Å². The number of aliphatic hydroxyl groups excluding tert-OH is 4. The van der Waals surface area contributed by atoms with Crippen molar-refractivity contribution in [3.05, 3.63) is 0 Å². The average Bonchev–Trinajstić information content (AvgIpc) is 3.06. The maximum atomic E-state index is 13.7. The van der Waals surface area contributed by atoms with Crippen LogP contribution in [0.5, 0.6) is 0 Å². The van der Waals surface area contributed by atoms with E-state index in [0.717, 1.165) is 0 Å². The second-order valence-corrected chi connectivity index (χ2v) is 16.5. The van der Waals surface area contributed by atoms with Crippen molar-refractivity contribution in [2.75, 3.05) is 27.7 Å². The molecule has 0 bridgehead atoms. The number of hydrogen-bond donors (Lipinski definition) is 6. The quantitative estimate of drug-likeness (QED) is 0.0994. The molecule has 2 aliphatic heterocycles. The highest BCUT2D eigenvalue weighted by Crippen LogP contribution is 2.39. The first-order chi connectivity index (χ1) is 24.0. The zero-order chi connectivity index (χ0) is 39.9. The molecular formula is C38H74N2O12. The van der Waals surface area contributed by atoms with Crippen molar-refractivity contribution in [3.8, 4) is 0 Å². The van der Waals surface area contributed by atoms with Gasteiger partial charge in [-0.2, -0.15) is 0 Å². The SMILES string of the molecule is CC[C@@H](C)OC(=O)[C@H](C)[C@@H](O[C@H]1C[C@@](C)(OC)[C@@H](O)[C@H](C)O1)[C@H](C)[C@@H](O[C@@H]1O[C@H](C)C[C@H](N(C)C)[C@H]1O)[C@](C)(O)C[C@@H](C)NC[C@H](C)[C@@H](O)C(C)O. The maximum Gasteiger partial charge on any atom is 0.311 e. The largest absolute Gasteiger partial charge is 0.462 e. The minimum Gasteiger partial charge on any atom is -0.462 e. The molecule has 308 valence electrons. The number of nitrogens with one attached hydrogen (secondary N) is 1. The molecule has 2 fully saturated rings. The van der Waals surface area contributed by atoms with E-state index < -0.39 is 84.3 Å². The van der Waals surface area contributed by atoms with Crippen molar-refractivity contribution in [2.24, 2.45) is 17.8 Å². The summed E-state index contributed by atoms with van der Waals surface area (Å²) in [6.07, 6.45) is -7.50. The molecule has 18 atom stereocenters. The van der Waals surface area contributed by atoms with E-state index in [2.05, 4.69) is 5.32 Å². The Labute approximate surface area is 312 Å². The van der Waals surface area contributed by atoms with Crippen molar-refractivity contribution >= 4 is 5.97 Å². The summed E-state index contributed by atoms with van der Waals surface area (Å²) >= 11 is 0. The van der Waals surface area contributed by atoms with Gasteiger partial charge in [-0.05, 0) is 94.7 Å². The highest BCUT2D eigenvalue weighted by molar-refractivity contribution is 5.73. The van der Waals surface area contributed by atoms with E-state index in [-0.39, 0.29) is 43.1 Å². The fourth-order valence-electron chi connectivity index (χ4n) is 7.59. The number of likely N-dealkylation sites (N-methyl/N-ethyl adjacent to an activating group) is 1. The molecule has 1 unspecified atom stereocenters. The summed E-state index contributed by atoms with van der Waals surface area (Å²) in [6.45, 7) is 20.0. The highest BCUT2D eigenvalue weighted by Gasteiger charge is 2.51. The smallest absolute Gasteiger partial charge is 0.311 e. The van der Waals surface area contributed by atoms with Crippen LogP contribution in [0.4, 0.5) is 0 Å². The summed E-state index contributed by atoms with van der Waals surface area (Å²) in [4.78, 5) is 15.6. The molecule has 14 nitrogen and oxygen atoms in total. The van der Waals surface area contributed by atoms with Gasteiger partial charge in [0.2, 0.25) is 0 Å². The van der Waals surface area contributed by atoms with Crippen LogP contribution in [0.1, 0.15) is 102 Å². The van der Waals surface area contributed by atoms with E-state index in [1.54, 1.807) is 27.7 Å². The lowest BCUT2D eigenvalue weighted by Gasteiger charge is -2.48. The molecule has 52 heavy (non-hydrogen) atoms. The lowest BCUT2D eigenvalue weighted by Crippen LogP contribution is -2.60. The van der Waals surface area contributed by atoms with Crippen LogP contribution in [-0.4, -0.2) is 155 Å². The van der Waals surface area contributed by atoms with E-state index in [9.17, 15) is 30.3 Å². The molecule has 14 heteroatoms. The van der Waals surface area contributed by atoms with Crippen molar-refractivity contribution in [1.82, 2.24) is 10.2 Å². The van der Waals surface area contributed by atoms with Crippen molar-refractivity contribution < 1.29 is 58.7 Å². The first kappa shape index (κ1) is 47.1. The second kappa shape index (κ2) is 20.2. The Bertz CT molecular complexity index is 1070. The highest BCUT2D eigenvalue weighted by atomic mass is 16.7. The Morgan fingerprint density at radius 3 is 2.21 bits per heavy atom. The first-order valence-electron chi connectivity index (χ1n) is 19.2. The molecule has 0 aromatic heterocycles. The third-order valence-electron chi connectivity index (χ3n) is 11.3. The van der Waals surface area contributed by atoms with Crippen LogP contribution >= 0.6 is 0 Å². The summed E-state index contributed by atoms with van der Waals surface area (Å²) in [5, 5.41) is 58.4. The van der Waals surface area contributed by atoms with Crippen LogP contribution in [0.2, 0.25) is 0 Å². The van der Waals surface area contributed by atoms with Crippen molar-refractivity contribution in [3.63, 3.8) is 0 Å². The molecule has 0 aromatic rings. The fraction of sp³-hybridized carbons (Fsp3) is 0.974. The third kappa shape index (κ3) is 12.5. The van der Waals surface area contributed by atoms with Gasteiger partial charge in [0.15, 0.2) is 12.6 Å². The molecule has 0 radical (unpaired) electrons. The molecule has 0 saturated carbocycles. The van der Waals surface area contributed by atoms with Gasteiger partial charge in [0, 0.05) is 38.1 Å². The Balaban J connectivity index is 2.57. The lowest BCUT2D eigenvalue weighted by molar-refractivity contribution is -0.317. The van der Waals surface area contributed by atoms with Crippen LogP contribution in [0.25, 0.3) is 0 Å². The van der Waals surface area contributed by atoms with E-state index in [1.165, 1.54) is 14.0 Å². The summed E-state index contributed by atoms with van der Waals surface area (Å²) in [5.74, 6) is -2.32. The second-order valence-electron chi connectivity index (χ2n) is 16.5. The lowest BCUT2D eigenvalue weighted by atomic mass is 9.78. The number of carbonyl (C=O) groups excluding carboxylic acids is 1. The number of ether oxygens (including phenoxy) is 6. The monoisotopic (exact) mass is 751 g/mol. The number of rotatable bonds is 20. The van der Waals surface area contributed by atoms with Gasteiger partial charge in [-0.3, -0.25) is 4.79 Å². The predicted molar refractivity (Wildman–Crippen MR) is 196 cm³/mol. The minimum atomic E-state index is -1.59. The summed E-state index contributed by atoms with van der Waals surface area (Å²) in [7, 11) is 5.28. The predicted octanol–water partition coefficient (Wildman–Crippen LogP) is 2.19. The molecule has 2 saturated heterocycles. The van der Waals surface area contributed by atoms with E-state index in [0.29, 0.717) is 19.4 Å². The molecule has 0 aromatic carbocycles. The Morgan fingerprint density at radius 2 is 1.67 bits per heavy atom. The minimum absolute atomic E-state index is 0.164. The molecule has 2 rings (SSSR count). The standard InChI is InChI=1S/C38H74N2O12/c1-15-22(4)48-35(45)25(7)32(51-29-18-38(11,47-14)33(44)27(9)50-29)24(6)34(52-36-31(43)28(40(12)13)16-23(5)49-36)37(10,46)17-21(3)39-19-20(2)30(42)26(8)41/h20-34,36,39,41-44,46H,15-19H2,1-14H3/t20-,21+,22+,23+,24-,25+,26?,27-,28-,29-,30+,31+,32-,33-,34+,36-,37+,38+/m0/s1. The van der Waals surface area contributed by atoms with Gasteiger partial charge in [-0.1, -0.05) is 20.8 Å². The van der Waals surface area contributed by atoms with Gasteiger partial charge >= 0.3 is 5.97 Å². The van der Waals surface area contributed by atoms with E-state index in [4.69, 9.17) is 28.4 Å². The number of methoxy groups -OCH3 is 1. The van der Waals surface area contributed by atoms with Crippen LogP contribution in [0.3, 0.4) is 0 Å². The number of carbonyl (C=O) groups is 1. The van der Waals surface area contributed by atoms with Gasteiger partial charge in [-0.15, -0.1) is 0 Å². The summed E-state index contributed by atoms with van der Waals surface area (Å²) in [6, 6.07) is -0.565. The normalized spacial score (nSPS) is 35.0. The molecule has 0 spiro atoms. The van der Waals surface area contributed by atoms with E-state index in [1.807, 2.05) is 60.5 Å². The zero-order valence-corrected chi connectivity index (χ0v) is 34.3. The maximum absolute atomic E-state index is 13.7. The number of aliphatic hydroxyl groups is 5. The van der Waals surface area contributed by atoms with Crippen LogP contribution in [-0.2, 0) is 33.2 Å². The third-order valence-corrected chi connectivity index (χ3v) is 11.3. The Kier molecular flexibility index (Phi) is 18.4. The van der Waals surface area contributed by atoms with Gasteiger partial charge in [-0.25, -0.2) is 0 Å². The number of nitrogens with zero attached hydrogens (tertiary/aromatic N) is 1. The molecule has 6 N–H and O–H groups in total. The van der Waals surface area contributed by atoms with Crippen LogP contribution in [0.15, 0.2) is 0 Å². The molecule has 0 aliphatic carbocycles. The van der Waals surface area contributed by atoms with Crippen LogP contribution in [0, 0.1) is 17.8 Å². The molecule has 0 amide bonds. The zero-order valence-electron chi connectivity index (χ0n) is 34.3.